The van der Waals surface area contributed by atoms with Gasteiger partial charge in [0, 0.05) is 30.2 Å². The third-order valence-corrected chi connectivity index (χ3v) is 3.93. The molecule has 0 aliphatic carbocycles. The molecule has 0 saturated heterocycles. The van der Waals surface area contributed by atoms with E-state index in [4.69, 9.17) is 5.84 Å². The van der Waals surface area contributed by atoms with Crippen LogP contribution in [0.1, 0.15) is 11.3 Å². The van der Waals surface area contributed by atoms with E-state index in [9.17, 15) is 0 Å². The first-order valence-electron chi connectivity index (χ1n) is 6.26. The van der Waals surface area contributed by atoms with Gasteiger partial charge in [0.15, 0.2) is 4.96 Å². The molecule has 1 unspecified atom stereocenters. The second kappa shape index (κ2) is 5.52. The minimum Gasteiger partial charge on any atom is -0.297 e. The number of nitrogens with zero attached hydrogens (tertiary/aromatic N) is 2. The van der Waals surface area contributed by atoms with E-state index in [0.717, 1.165) is 23.5 Å². The number of rotatable bonds is 5. The van der Waals surface area contributed by atoms with Crippen LogP contribution in [0, 0.1) is 0 Å². The third-order valence-electron chi connectivity index (χ3n) is 3.16. The van der Waals surface area contributed by atoms with Crippen LogP contribution in [0.4, 0.5) is 0 Å². The molecule has 2 aromatic heterocycles. The summed E-state index contributed by atoms with van der Waals surface area (Å²) in [4.78, 5) is 5.62. The standard InChI is InChI=1S/C14H16N4S/c15-17-12(8-11-4-2-1-3-5-11)9-13-10-18-6-7-19-14(18)16-13/h1-7,10,12,17H,8-9,15H2. The van der Waals surface area contributed by atoms with Gasteiger partial charge >= 0.3 is 0 Å². The fourth-order valence-corrected chi connectivity index (χ4v) is 2.93. The van der Waals surface area contributed by atoms with E-state index in [1.807, 2.05) is 17.6 Å². The second-order valence-electron chi connectivity index (χ2n) is 4.58. The first-order valence-corrected chi connectivity index (χ1v) is 7.14. The molecule has 3 N–H and O–H groups in total. The van der Waals surface area contributed by atoms with E-state index < -0.39 is 0 Å². The molecule has 5 heteroatoms. The minimum absolute atomic E-state index is 0.201. The number of hydrogen-bond acceptors (Lipinski definition) is 4. The maximum Gasteiger partial charge on any atom is 0.193 e. The zero-order valence-corrected chi connectivity index (χ0v) is 11.3. The van der Waals surface area contributed by atoms with Crippen molar-refractivity contribution in [2.24, 2.45) is 5.84 Å². The van der Waals surface area contributed by atoms with Crippen LogP contribution in [0.2, 0.25) is 0 Å². The van der Waals surface area contributed by atoms with Crippen LogP contribution in [0.5, 0.6) is 0 Å². The summed E-state index contributed by atoms with van der Waals surface area (Å²) in [5.74, 6) is 5.66. The Kier molecular flexibility index (Phi) is 3.59. The number of hydrazine groups is 1. The molecule has 19 heavy (non-hydrogen) atoms. The molecule has 0 aliphatic heterocycles. The summed E-state index contributed by atoms with van der Waals surface area (Å²) >= 11 is 1.65. The van der Waals surface area contributed by atoms with Crippen LogP contribution in [0.25, 0.3) is 4.96 Å². The Morgan fingerprint density at radius 1 is 1.26 bits per heavy atom. The minimum atomic E-state index is 0.201. The van der Waals surface area contributed by atoms with Gasteiger partial charge in [0.1, 0.15) is 0 Å². The molecule has 1 atom stereocenters. The molecule has 0 spiro atoms. The van der Waals surface area contributed by atoms with Crippen molar-refractivity contribution in [3.05, 3.63) is 59.4 Å². The van der Waals surface area contributed by atoms with Crippen molar-refractivity contribution in [1.29, 1.82) is 0 Å². The van der Waals surface area contributed by atoms with Gasteiger partial charge in [-0.2, -0.15) is 0 Å². The van der Waals surface area contributed by atoms with Crippen molar-refractivity contribution in [3.8, 4) is 0 Å². The second-order valence-corrected chi connectivity index (χ2v) is 5.46. The van der Waals surface area contributed by atoms with Gasteiger partial charge in [0.05, 0.1) is 5.69 Å². The lowest BCUT2D eigenvalue weighted by Crippen LogP contribution is -2.38. The van der Waals surface area contributed by atoms with Crippen molar-refractivity contribution in [1.82, 2.24) is 14.8 Å². The maximum absolute atomic E-state index is 5.66. The largest absolute Gasteiger partial charge is 0.297 e. The predicted molar refractivity (Wildman–Crippen MR) is 78.0 cm³/mol. The van der Waals surface area contributed by atoms with E-state index in [0.29, 0.717) is 0 Å². The molecular weight excluding hydrogens is 256 g/mol. The van der Waals surface area contributed by atoms with E-state index in [1.165, 1.54) is 5.56 Å². The molecular formula is C14H16N4S. The number of fused-ring (bicyclic) bond motifs is 1. The summed E-state index contributed by atoms with van der Waals surface area (Å²) in [6, 6.07) is 10.6. The zero-order chi connectivity index (χ0) is 13.1. The highest BCUT2D eigenvalue weighted by Gasteiger charge is 2.11. The summed E-state index contributed by atoms with van der Waals surface area (Å²) in [5.41, 5.74) is 5.25. The van der Waals surface area contributed by atoms with Gasteiger partial charge in [-0.1, -0.05) is 30.3 Å². The molecule has 3 aromatic rings. The highest BCUT2D eigenvalue weighted by Crippen LogP contribution is 2.13. The normalized spacial score (nSPS) is 12.9. The van der Waals surface area contributed by atoms with Crippen LogP contribution >= 0.6 is 11.3 Å². The average Bonchev–Trinajstić information content (AvgIpc) is 3.00. The Hall–Kier alpha value is -1.69. The molecule has 1 aromatic carbocycles. The van der Waals surface area contributed by atoms with Crippen LogP contribution in [-0.4, -0.2) is 15.4 Å². The molecule has 98 valence electrons. The number of thiazole rings is 1. The zero-order valence-electron chi connectivity index (χ0n) is 10.5. The Morgan fingerprint density at radius 3 is 2.84 bits per heavy atom. The topological polar surface area (TPSA) is 55.3 Å². The lowest BCUT2D eigenvalue weighted by molar-refractivity contribution is 0.518. The highest BCUT2D eigenvalue weighted by molar-refractivity contribution is 7.15. The number of aromatic nitrogens is 2. The third kappa shape index (κ3) is 2.84. The summed E-state index contributed by atoms with van der Waals surface area (Å²) in [6.07, 6.45) is 5.84. The lowest BCUT2D eigenvalue weighted by Gasteiger charge is -2.14. The van der Waals surface area contributed by atoms with Crippen LogP contribution in [0.3, 0.4) is 0 Å². The van der Waals surface area contributed by atoms with Crippen molar-refractivity contribution < 1.29 is 0 Å². The summed E-state index contributed by atoms with van der Waals surface area (Å²) in [6.45, 7) is 0. The number of hydrogen-bond donors (Lipinski definition) is 2. The Labute approximate surface area is 115 Å². The summed E-state index contributed by atoms with van der Waals surface area (Å²) < 4.78 is 2.05. The molecule has 0 saturated carbocycles. The smallest absolute Gasteiger partial charge is 0.193 e. The van der Waals surface area contributed by atoms with E-state index in [1.54, 1.807) is 11.3 Å². The number of benzene rings is 1. The lowest BCUT2D eigenvalue weighted by atomic mass is 10.0. The Balaban J connectivity index is 1.71. The van der Waals surface area contributed by atoms with Crippen LogP contribution in [-0.2, 0) is 12.8 Å². The Morgan fingerprint density at radius 2 is 2.11 bits per heavy atom. The summed E-state index contributed by atoms with van der Waals surface area (Å²) in [7, 11) is 0. The van der Waals surface area contributed by atoms with Crippen molar-refractivity contribution >= 4 is 16.3 Å². The van der Waals surface area contributed by atoms with Crippen LogP contribution in [0.15, 0.2) is 48.1 Å². The maximum atomic E-state index is 5.66. The molecule has 4 nitrogen and oxygen atoms in total. The van der Waals surface area contributed by atoms with Gasteiger partial charge < -0.3 is 0 Å². The first kappa shape index (κ1) is 12.3. The SMILES string of the molecule is NNC(Cc1ccccc1)Cc1cn2ccsc2n1. The molecule has 2 heterocycles. The Bertz CT molecular complexity index is 615. The van der Waals surface area contributed by atoms with Gasteiger partial charge in [-0.15, -0.1) is 11.3 Å². The fourth-order valence-electron chi connectivity index (χ4n) is 2.22. The number of nitrogens with two attached hydrogens (primary N) is 1. The monoisotopic (exact) mass is 272 g/mol. The molecule has 0 amide bonds. The van der Waals surface area contributed by atoms with E-state index in [-0.39, 0.29) is 6.04 Å². The van der Waals surface area contributed by atoms with Crippen LogP contribution < -0.4 is 11.3 Å². The summed E-state index contributed by atoms with van der Waals surface area (Å²) in [5, 5.41) is 2.04. The molecule has 3 rings (SSSR count). The molecule has 0 aliphatic rings. The van der Waals surface area contributed by atoms with Crippen molar-refractivity contribution in [2.75, 3.05) is 0 Å². The van der Waals surface area contributed by atoms with Gasteiger partial charge in [0.25, 0.3) is 0 Å². The highest BCUT2D eigenvalue weighted by atomic mass is 32.1. The van der Waals surface area contributed by atoms with Gasteiger partial charge in [-0.05, 0) is 12.0 Å². The number of nitrogens with one attached hydrogen (secondary N) is 1. The fraction of sp³-hybridized carbons (Fsp3) is 0.214. The van der Waals surface area contributed by atoms with Crippen molar-refractivity contribution in [2.45, 2.75) is 18.9 Å². The quantitative estimate of drug-likeness (QED) is 0.552. The molecule has 0 bridgehead atoms. The average molecular weight is 272 g/mol. The predicted octanol–water partition coefficient (Wildman–Crippen LogP) is 2.01. The van der Waals surface area contributed by atoms with Crippen molar-refractivity contribution in [3.63, 3.8) is 0 Å². The van der Waals surface area contributed by atoms with E-state index in [2.05, 4.69) is 45.3 Å². The first-order chi connectivity index (χ1) is 9.35. The van der Waals surface area contributed by atoms with Gasteiger partial charge in [0.2, 0.25) is 0 Å². The number of imidazole rings is 1. The molecule has 0 fully saturated rings. The van der Waals surface area contributed by atoms with Gasteiger partial charge in [-0.25, -0.2) is 4.98 Å². The molecule has 0 radical (unpaired) electrons. The van der Waals surface area contributed by atoms with E-state index >= 15 is 0 Å². The van der Waals surface area contributed by atoms with Gasteiger partial charge in [-0.3, -0.25) is 15.7 Å².